The molecule has 0 spiro atoms. The minimum absolute atomic E-state index is 0.0622. The number of methoxy groups -OCH3 is 1. The molecular weight excluding hydrogens is 442 g/mol. The number of benzene rings is 1. The maximum absolute atomic E-state index is 13.5. The van der Waals surface area contributed by atoms with Gasteiger partial charge in [-0.05, 0) is 0 Å². The molecule has 0 amide bonds. The normalized spacial score (nSPS) is 14.6. The molecule has 3 aromatic rings. The van der Waals surface area contributed by atoms with Gasteiger partial charge in [-0.1, -0.05) is 0 Å². The Bertz CT molecular complexity index is 1130. The van der Waals surface area contributed by atoms with Crippen molar-refractivity contribution < 1.29 is 22.8 Å². The first kappa shape index (κ1) is 24.1. The summed E-state index contributed by atoms with van der Waals surface area (Å²) in [6.07, 6.45) is -2.94. The first-order chi connectivity index (χ1) is 14.7. The molecule has 1 atom stereocenters. The molecule has 11 heteroatoms. The molecule has 0 unspecified atom stereocenters. The van der Waals surface area contributed by atoms with Crippen molar-refractivity contribution in [1.82, 2.24) is 15.0 Å². The molecule has 0 aliphatic carbocycles. The van der Waals surface area contributed by atoms with Gasteiger partial charge in [0.05, 0.1) is 0 Å². The minimum atomic E-state index is -4.54. The second-order valence-electron chi connectivity index (χ2n) is 9.00. The van der Waals surface area contributed by atoms with Gasteiger partial charge in [-0.25, -0.2) is 0 Å². The van der Waals surface area contributed by atoms with Crippen molar-refractivity contribution >= 4 is 40.6 Å². The quantitative estimate of drug-likeness (QED) is 0.366. The van der Waals surface area contributed by atoms with Crippen molar-refractivity contribution in [2.24, 2.45) is 0 Å². The van der Waals surface area contributed by atoms with Gasteiger partial charge < -0.3 is 0 Å². The van der Waals surface area contributed by atoms with E-state index < -0.39 is 18.6 Å². The summed E-state index contributed by atoms with van der Waals surface area (Å²) in [5.41, 5.74) is -0.241. The first-order valence-corrected chi connectivity index (χ1v) is 13.7. The molecule has 2 heterocycles. The van der Waals surface area contributed by atoms with Crippen molar-refractivity contribution in [2.75, 3.05) is 37.7 Å². The summed E-state index contributed by atoms with van der Waals surface area (Å²) < 4.78 is 46.0. The molecule has 3 rings (SSSR count). The topological polar surface area (TPSA) is 95.1 Å². The van der Waals surface area contributed by atoms with Crippen LogP contribution in [0.5, 0.6) is 5.75 Å². The van der Waals surface area contributed by atoms with Crippen LogP contribution in [0.15, 0.2) is 24.4 Å². The van der Waals surface area contributed by atoms with Crippen molar-refractivity contribution in [3.63, 3.8) is 0 Å². The van der Waals surface area contributed by atoms with Crippen molar-refractivity contribution in [1.29, 1.82) is 0 Å². The van der Waals surface area contributed by atoms with E-state index in [0.717, 1.165) is 11.5 Å². The Labute approximate surface area is 184 Å². The first-order valence-electron chi connectivity index (χ1n) is 10.1. The molecule has 0 aliphatic rings. The zero-order valence-corrected chi connectivity index (χ0v) is 19.8. The fourth-order valence-corrected chi connectivity index (χ4v) is 4.29. The maximum atomic E-state index is 13.5. The van der Waals surface area contributed by atoms with Crippen molar-refractivity contribution in [3.8, 4) is 5.75 Å². The average Bonchev–Trinajstić information content (AvgIpc) is 3.11. The summed E-state index contributed by atoms with van der Waals surface area (Å²) in [6.45, 7) is 6.20. The average molecular weight is 471 g/mol. The summed E-state index contributed by atoms with van der Waals surface area (Å²) in [4.78, 5) is 22.0. The van der Waals surface area contributed by atoms with Gasteiger partial charge in [0.1, 0.15) is 0 Å². The fourth-order valence-electron chi connectivity index (χ4n) is 3.14. The van der Waals surface area contributed by atoms with Gasteiger partial charge >= 0.3 is 184 Å². The molecule has 0 radical (unpaired) electrons. The number of halogens is 3. The third-order valence-corrected chi connectivity index (χ3v) is 7.21. The zero-order valence-electron chi connectivity index (χ0n) is 18.9. The molecule has 0 saturated carbocycles. The van der Waals surface area contributed by atoms with E-state index in [0.29, 0.717) is 17.9 Å². The number of H-pyrrole nitrogens is 1. The van der Waals surface area contributed by atoms with Crippen LogP contribution in [0.3, 0.4) is 0 Å². The molecule has 7 nitrogen and oxygen atoms in total. The third kappa shape index (κ3) is 5.07. The van der Waals surface area contributed by atoms with Crippen LogP contribution in [0.2, 0.25) is 0 Å². The standard InChI is InChI=1S/C21H29F3N5O2P/c1-7-12(2)26-19-17-14(21(22,23)24)11-25-18(17)28-20(29-19)27-15-9-8-13(10-16(15)31-3)32(4,5,6)30/h8-12,30H,7H2,1-6H3,(H3,25,26,27,28,29)/t12-/m0/s1. The number of aromatic nitrogens is 3. The van der Waals surface area contributed by atoms with Crippen molar-refractivity contribution in [2.45, 2.75) is 32.5 Å². The van der Waals surface area contributed by atoms with Crippen LogP contribution in [0.1, 0.15) is 25.8 Å². The van der Waals surface area contributed by atoms with E-state index >= 15 is 0 Å². The number of fused-ring (bicyclic) bond motifs is 1. The number of nitrogens with zero attached hydrogens (tertiary/aromatic N) is 2. The van der Waals surface area contributed by atoms with Crippen LogP contribution in [-0.4, -0.2) is 53.0 Å². The van der Waals surface area contributed by atoms with E-state index in [9.17, 15) is 18.1 Å². The van der Waals surface area contributed by atoms with Crippen LogP contribution >= 0.6 is 6.83 Å². The molecule has 1 aromatic carbocycles. The van der Waals surface area contributed by atoms with E-state index in [1.54, 1.807) is 38.2 Å². The van der Waals surface area contributed by atoms with E-state index in [1.165, 1.54) is 7.11 Å². The van der Waals surface area contributed by atoms with Gasteiger partial charge in [0.15, 0.2) is 0 Å². The summed E-state index contributed by atoms with van der Waals surface area (Å²) in [5.74, 6) is 0.654. The number of hydrogen-bond acceptors (Lipinski definition) is 6. The number of aromatic amines is 1. The monoisotopic (exact) mass is 471 g/mol. The van der Waals surface area contributed by atoms with Gasteiger partial charge in [-0.2, -0.15) is 0 Å². The SMILES string of the molecule is CC[C@H](C)Nc1nc(Nc2ccc(P(C)(C)(C)O)cc2OC)nc2[nH]cc(C(F)(F)F)c12. The molecule has 176 valence electrons. The Kier molecular flexibility index (Phi) is 6.08. The Morgan fingerprint density at radius 2 is 1.91 bits per heavy atom. The molecule has 0 bridgehead atoms. The van der Waals surface area contributed by atoms with E-state index in [4.69, 9.17) is 4.74 Å². The Hall–Kier alpha value is -2.58. The van der Waals surface area contributed by atoms with Gasteiger partial charge in [-0.3, -0.25) is 0 Å². The fraction of sp³-hybridized carbons (Fsp3) is 0.429. The predicted molar refractivity (Wildman–Crippen MR) is 125 cm³/mol. The van der Waals surface area contributed by atoms with Crippen LogP contribution < -0.4 is 20.7 Å². The van der Waals surface area contributed by atoms with Gasteiger partial charge in [0, 0.05) is 0 Å². The number of anilines is 3. The van der Waals surface area contributed by atoms with E-state index in [2.05, 4.69) is 25.6 Å². The number of ether oxygens (including phenoxy) is 1. The molecule has 0 fully saturated rings. The summed E-state index contributed by atoms with van der Waals surface area (Å²) in [5, 5.41) is 6.73. The van der Waals surface area contributed by atoms with Crippen LogP contribution in [0.25, 0.3) is 11.0 Å². The summed E-state index contributed by atoms with van der Waals surface area (Å²) in [6, 6.07) is 5.17. The third-order valence-electron chi connectivity index (χ3n) is 5.15. The Balaban J connectivity index is 2.08. The van der Waals surface area contributed by atoms with Gasteiger partial charge in [0.2, 0.25) is 0 Å². The number of alkyl halides is 3. The molecule has 2 aromatic heterocycles. The molecular formula is C21H29F3N5O2P. The number of nitrogens with one attached hydrogen (secondary N) is 3. The van der Waals surface area contributed by atoms with Gasteiger partial charge in [0.25, 0.3) is 0 Å². The zero-order chi connectivity index (χ0) is 23.9. The second kappa shape index (κ2) is 8.08. The molecule has 4 N–H and O–H groups in total. The summed E-state index contributed by atoms with van der Waals surface area (Å²) >= 11 is 0. The molecule has 32 heavy (non-hydrogen) atoms. The van der Waals surface area contributed by atoms with E-state index in [-0.39, 0.29) is 28.8 Å². The molecule has 0 saturated heterocycles. The van der Waals surface area contributed by atoms with Crippen LogP contribution in [0, 0.1) is 0 Å². The van der Waals surface area contributed by atoms with Crippen molar-refractivity contribution in [3.05, 3.63) is 30.0 Å². The van der Waals surface area contributed by atoms with Crippen LogP contribution in [-0.2, 0) is 6.18 Å². The number of hydrogen-bond donors (Lipinski definition) is 4. The number of rotatable bonds is 7. The summed E-state index contributed by atoms with van der Waals surface area (Å²) in [7, 11) is 1.50. The van der Waals surface area contributed by atoms with Gasteiger partial charge in [-0.15, -0.1) is 0 Å². The molecule has 0 aliphatic heterocycles. The Morgan fingerprint density at radius 1 is 1.22 bits per heavy atom. The van der Waals surface area contributed by atoms with E-state index in [1.807, 2.05) is 13.8 Å². The Morgan fingerprint density at radius 3 is 2.47 bits per heavy atom. The van der Waals surface area contributed by atoms with Crippen LogP contribution in [0.4, 0.5) is 30.6 Å². The predicted octanol–water partition coefficient (Wildman–Crippen LogP) is 4.91. The second-order valence-corrected chi connectivity index (χ2v) is 14.9.